The van der Waals surface area contributed by atoms with Crippen molar-refractivity contribution in [2.75, 3.05) is 26.2 Å². The van der Waals surface area contributed by atoms with Crippen LogP contribution >= 0.6 is 0 Å². The zero-order valence-electron chi connectivity index (χ0n) is 13.6. The number of piperidine rings is 1. The molecule has 116 valence electrons. The largest absolute Gasteiger partial charge is 0.343 e. The minimum absolute atomic E-state index is 0.397. The number of nitrogens with one attached hydrogen (secondary N) is 1. The second-order valence-corrected chi connectivity index (χ2v) is 7.67. The van der Waals surface area contributed by atoms with Gasteiger partial charge in [0.05, 0.1) is 0 Å². The first kappa shape index (κ1) is 15.8. The zero-order chi connectivity index (χ0) is 14.6. The van der Waals surface area contributed by atoms with Gasteiger partial charge in [-0.15, -0.1) is 0 Å². The second kappa shape index (κ2) is 6.93. The van der Waals surface area contributed by atoms with E-state index in [1.165, 1.54) is 25.7 Å². The van der Waals surface area contributed by atoms with Crippen molar-refractivity contribution in [3.05, 3.63) is 0 Å². The maximum Gasteiger partial charge on any atom is 0.222 e. The summed E-state index contributed by atoms with van der Waals surface area (Å²) in [6.07, 6.45) is 6.80. The molecule has 0 aromatic rings. The highest BCUT2D eigenvalue weighted by Crippen LogP contribution is 2.31. The third-order valence-corrected chi connectivity index (χ3v) is 5.38. The molecule has 2 aliphatic heterocycles. The summed E-state index contributed by atoms with van der Waals surface area (Å²) < 4.78 is 0. The first-order valence-electron chi connectivity index (χ1n) is 8.46. The molecule has 0 aromatic carbocycles. The number of amides is 1. The Labute approximate surface area is 124 Å². The Bertz CT molecular complexity index is 321. The topological polar surface area (TPSA) is 32.3 Å². The monoisotopic (exact) mass is 280 g/mol. The van der Waals surface area contributed by atoms with Gasteiger partial charge < -0.3 is 10.2 Å². The number of hydrogen-bond acceptors (Lipinski definition) is 2. The predicted octanol–water partition coefficient (Wildman–Crippen LogP) is 3.05. The number of hydrogen-bond donors (Lipinski definition) is 1. The Morgan fingerprint density at radius 1 is 1.25 bits per heavy atom. The number of nitrogens with zero attached hydrogens (tertiary/aromatic N) is 1. The Balaban J connectivity index is 1.81. The van der Waals surface area contributed by atoms with Crippen molar-refractivity contribution < 1.29 is 4.79 Å². The van der Waals surface area contributed by atoms with E-state index in [1.807, 2.05) is 0 Å². The van der Waals surface area contributed by atoms with E-state index in [0.717, 1.165) is 44.9 Å². The van der Waals surface area contributed by atoms with Gasteiger partial charge in [0.25, 0.3) is 0 Å². The van der Waals surface area contributed by atoms with Gasteiger partial charge in [-0.05, 0) is 62.4 Å². The average molecular weight is 280 g/mol. The zero-order valence-corrected chi connectivity index (χ0v) is 13.6. The molecular formula is C17H32N2O. The summed E-state index contributed by atoms with van der Waals surface area (Å²) in [6.45, 7) is 11.1. The fourth-order valence-corrected chi connectivity index (χ4v) is 3.66. The molecule has 0 aromatic heterocycles. The van der Waals surface area contributed by atoms with E-state index in [9.17, 15) is 4.79 Å². The van der Waals surface area contributed by atoms with Crippen LogP contribution < -0.4 is 5.32 Å². The fraction of sp³-hybridized carbons (Fsp3) is 0.941. The van der Waals surface area contributed by atoms with E-state index in [-0.39, 0.29) is 0 Å². The van der Waals surface area contributed by atoms with Gasteiger partial charge in [-0.1, -0.05) is 20.8 Å². The molecule has 0 spiro atoms. The summed E-state index contributed by atoms with van der Waals surface area (Å²) in [4.78, 5) is 14.7. The standard InChI is InChI=1S/C17H32N2O/c1-14(15-5-9-18-10-6-15)13-16(20)19-11-4-7-17(2,3)8-12-19/h14-15,18H,4-13H2,1-3H3. The van der Waals surface area contributed by atoms with Crippen LogP contribution in [-0.2, 0) is 4.79 Å². The van der Waals surface area contributed by atoms with Crippen LogP contribution in [-0.4, -0.2) is 37.0 Å². The molecule has 0 bridgehead atoms. The quantitative estimate of drug-likeness (QED) is 0.862. The molecule has 2 fully saturated rings. The molecule has 0 radical (unpaired) electrons. The number of carbonyl (C=O) groups excluding carboxylic acids is 1. The second-order valence-electron chi connectivity index (χ2n) is 7.67. The third kappa shape index (κ3) is 4.47. The van der Waals surface area contributed by atoms with Crippen LogP contribution in [0.3, 0.4) is 0 Å². The molecule has 20 heavy (non-hydrogen) atoms. The van der Waals surface area contributed by atoms with E-state index in [2.05, 4.69) is 31.0 Å². The van der Waals surface area contributed by atoms with Crippen LogP contribution in [0.2, 0.25) is 0 Å². The Morgan fingerprint density at radius 2 is 1.95 bits per heavy atom. The lowest BCUT2D eigenvalue weighted by Gasteiger charge is -2.30. The molecule has 2 aliphatic rings. The van der Waals surface area contributed by atoms with Crippen molar-refractivity contribution in [1.82, 2.24) is 10.2 Å². The van der Waals surface area contributed by atoms with E-state index in [1.54, 1.807) is 0 Å². The molecule has 0 saturated carbocycles. The maximum atomic E-state index is 12.5. The summed E-state index contributed by atoms with van der Waals surface area (Å²) in [6, 6.07) is 0. The van der Waals surface area contributed by atoms with E-state index < -0.39 is 0 Å². The molecule has 1 atom stereocenters. The van der Waals surface area contributed by atoms with Crippen LogP contribution in [0.4, 0.5) is 0 Å². The summed E-state index contributed by atoms with van der Waals surface area (Å²) in [5, 5.41) is 3.41. The molecule has 2 saturated heterocycles. The highest BCUT2D eigenvalue weighted by Gasteiger charge is 2.28. The highest BCUT2D eigenvalue weighted by atomic mass is 16.2. The van der Waals surface area contributed by atoms with Crippen LogP contribution in [0.25, 0.3) is 0 Å². The van der Waals surface area contributed by atoms with Gasteiger partial charge >= 0.3 is 0 Å². The van der Waals surface area contributed by atoms with Crippen molar-refractivity contribution in [3.63, 3.8) is 0 Å². The minimum Gasteiger partial charge on any atom is -0.343 e. The summed E-state index contributed by atoms with van der Waals surface area (Å²) >= 11 is 0. The SMILES string of the molecule is CC(CC(=O)N1CCCC(C)(C)CC1)C1CCNCC1. The molecule has 0 aliphatic carbocycles. The molecule has 1 N–H and O–H groups in total. The van der Waals surface area contributed by atoms with Crippen molar-refractivity contribution in [2.45, 2.75) is 59.3 Å². The number of carbonyl (C=O) groups is 1. The Kier molecular flexibility index (Phi) is 5.48. The lowest BCUT2D eigenvalue weighted by molar-refractivity contribution is -0.132. The Hall–Kier alpha value is -0.570. The number of likely N-dealkylation sites (tertiary alicyclic amines) is 1. The summed E-state index contributed by atoms with van der Waals surface area (Å²) in [7, 11) is 0. The Morgan fingerprint density at radius 3 is 2.65 bits per heavy atom. The molecule has 3 nitrogen and oxygen atoms in total. The van der Waals surface area contributed by atoms with Crippen LogP contribution in [0.15, 0.2) is 0 Å². The molecule has 1 unspecified atom stereocenters. The fourth-order valence-electron chi connectivity index (χ4n) is 3.66. The number of rotatable bonds is 3. The molecule has 2 heterocycles. The van der Waals surface area contributed by atoms with Gasteiger partial charge in [0.1, 0.15) is 0 Å². The van der Waals surface area contributed by atoms with Crippen molar-refractivity contribution >= 4 is 5.91 Å². The lowest BCUT2D eigenvalue weighted by atomic mass is 9.84. The van der Waals surface area contributed by atoms with E-state index in [0.29, 0.717) is 17.2 Å². The average Bonchev–Trinajstić information content (AvgIpc) is 2.60. The first-order chi connectivity index (χ1) is 9.48. The van der Waals surface area contributed by atoms with E-state index >= 15 is 0 Å². The smallest absolute Gasteiger partial charge is 0.222 e. The minimum atomic E-state index is 0.397. The van der Waals surface area contributed by atoms with Gasteiger partial charge in [-0.2, -0.15) is 0 Å². The summed E-state index contributed by atoms with van der Waals surface area (Å²) in [5.74, 6) is 1.68. The highest BCUT2D eigenvalue weighted by molar-refractivity contribution is 5.76. The summed E-state index contributed by atoms with van der Waals surface area (Å²) in [5.41, 5.74) is 0.412. The van der Waals surface area contributed by atoms with Crippen molar-refractivity contribution in [1.29, 1.82) is 0 Å². The van der Waals surface area contributed by atoms with Gasteiger partial charge in [-0.3, -0.25) is 4.79 Å². The third-order valence-electron chi connectivity index (χ3n) is 5.38. The molecule has 1 amide bonds. The predicted molar refractivity (Wildman–Crippen MR) is 83.6 cm³/mol. The van der Waals surface area contributed by atoms with Crippen LogP contribution in [0.1, 0.15) is 59.3 Å². The van der Waals surface area contributed by atoms with Gasteiger partial charge in [0, 0.05) is 19.5 Å². The normalized spacial score (nSPS) is 26.1. The molecular weight excluding hydrogens is 248 g/mol. The van der Waals surface area contributed by atoms with Gasteiger partial charge in [0.2, 0.25) is 5.91 Å². The van der Waals surface area contributed by atoms with Crippen molar-refractivity contribution in [3.8, 4) is 0 Å². The van der Waals surface area contributed by atoms with Gasteiger partial charge in [0.15, 0.2) is 0 Å². The maximum absolute atomic E-state index is 12.5. The van der Waals surface area contributed by atoms with Gasteiger partial charge in [-0.25, -0.2) is 0 Å². The van der Waals surface area contributed by atoms with Crippen molar-refractivity contribution in [2.24, 2.45) is 17.3 Å². The van der Waals surface area contributed by atoms with E-state index in [4.69, 9.17) is 0 Å². The van der Waals surface area contributed by atoms with Crippen LogP contribution in [0.5, 0.6) is 0 Å². The molecule has 3 heteroatoms. The first-order valence-corrected chi connectivity index (χ1v) is 8.46. The lowest BCUT2D eigenvalue weighted by Crippen LogP contribution is -2.36. The van der Waals surface area contributed by atoms with Crippen LogP contribution in [0, 0.1) is 17.3 Å². The molecule has 2 rings (SSSR count).